The van der Waals surface area contributed by atoms with Gasteiger partial charge in [0, 0.05) is 5.56 Å². The van der Waals surface area contributed by atoms with E-state index in [1.807, 2.05) is 36.4 Å². The largest absolute Gasteiger partial charge is 0.496 e. The molecule has 0 unspecified atom stereocenters. The molecule has 3 rings (SSSR count). The Kier molecular flexibility index (Phi) is 7.29. The Morgan fingerprint density at radius 3 is 2.50 bits per heavy atom. The van der Waals surface area contributed by atoms with Crippen molar-refractivity contribution in [1.82, 2.24) is 5.32 Å². The highest BCUT2D eigenvalue weighted by Gasteiger charge is 2.22. The Morgan fingerprint density at radius 2 is 1.93 bits per heavy atom. The third-order valence-corrected chi connectivity index (χ3v) is 5.78. The monoisotopic (exact) mass is 441 g/mol. The van der Waals surface area contributed by atoms with Crippen molar-refractivity contribution in [2.75, 3.05) is 7.11 Å². The van der Waals surface area contributed by atoms with Gasteiger partial charge in [-0.2, -0.15) is 0 Å². The van der Waals surface area contributed by atoms with Gasteiger partial charge in [-0.15, -0.1) is 0 Å². The highest BCUT2D eigenvalue weighted by atomic mass is 32.2. The van der Waals surface area contributed by atoms with Crippen LogP contribution in [0.2, 0.25) is 0 Å². The molecule has 5 nitrogen and oxygen atoms in total. The summed E-state index contributed by atoms with van der Waals surface area (Å²) in [5.41, 5.74) is 3.39. The van der Waals surface area contributed by atoms with E-state index in [4.69, 9.17) is 21.7 Å². The molecule has 1 aliphatic rings. The molecule has 0 saturated carbocycles. The first-order valence-electron chi connectivity index (χ1n) is 9.60. The van der Waals surface area contributed by atoms with Gasteiger partial charge in [-0.3, -0.25) is 9.59 Å². The number of hydrogen-bond acceptors (Lipinski definition) is 6. The van der Waals surface area contributed by atoms with Gasteiger partial charge in [0.2, 0.25) is 0 Å². The van der Waals surface area contributed by atoms with E-state index in [1.165, 1.54) is 18.7 Å². The fourth-order valence-electron chi connectivity index (χ4n) is 3.19. The van der Waals surface area contributed by atoms with Crippen LogP contribution in [0.5, 0.6) is 11.5 Å². The molecule has 30 heavy (non-hydrogen) atoms. The lowest BCUT2D eigenvalue weighted by molar-refractivity contribution is -0.115. The van der Waals surface area contributed by atoms with Crippen LogP contribution in [0.4, 0.5) is 0 Å². The van der Waals surface area contributed by atoms with Crippen molar-refractivity contribution in [3.63, 3.8) is 0 Å². The summed E-state index contributed by atoms with van der Waals surface area (Å²) in [6.45, 7) is 3.99. The molecule has 0 spiro atoms. The smallest absolute Gasteiger partial charge is 0.263 e. The number of carbonyl (C=O) groups excluding carboxylic acids is 2. The van der Waals surface area contributed by atoms with E-state index in [0.29, 0.717) is 27.1 Å². The summed E-state index contributed by atoms with van der Waals surface area (Å²) in [5.74, 6) is 1.12. The van der Waals surface area contributed by atoms with Crippen LogP contribution in [-0.2, 0) is 17.8 Å². The number of amides is 1. The molecule has 1 aliphatic heterocycles. The molecule has 2 aromatic rings. The van der Waals surface area contributed by atoms with Crippen molar-refractivity contribution in [2.45, 2.75) is 33.3 Å². The first-order valence-corrected chi connectivity index (χ1v) is 10.8. The van der Waals surface area contributed by atoms with Crippen molar-refractivity contribution in [3.8, 4) is 11.5 Å². The average Bonchev–Trinajstić information content (AvgIpc) is 3.04. The minimum absolute atomic E-state index is 0.0321. The second-order valence-corrected chi connectivity index (χ2v) is 8.53. The Bertz CT molecular complexity index is 1010. The van der Waals surface area contributed by atoms with Crippen LogP contribution >= 0.6 is 24.0 Å². The molecule has 0 aliphatic carbocycles. The van der Waals surface area contributed by atoms with E-state index in [-0.39, 0.29) is 11.7 Å². The summed E-state index contributed by atoms with van der Waals surface area (Å²) in [6, 6.07) is 11.4. The first-order chi connectivity index (χ1) is 14.4. The molecule has 1 fully saturated rings. The van der Waals surface area contributed by atoms with Crippen LogP contribution < -0.4 is 14.8 Å². The predicted octanol–water partition coefficient (Wildman–Crippen LogP) is 4.92. The van der Waals surface area contributed by atoms with Gasteiger partial charge in [-0.05, 0) is 42.7 Å². The maximum atomic E-state index is 11.9. The van der Waals surface area contributed by atoms with E-state index in [2.05, 4.69) is 12.2 Å². The van der Waals surface area contributed by atoms with Gasteiger partial charge in [0.15, 0.2) is 5.78 Å². The summed E-state index contributed by atoms with van der Waals surface area (Å²) in [5, 5.41) is 2.61. The molecule has 0 atom stereocenters. The van der Waals surface area contributed by atoms with Gasteiger partial charge in [0.25, 0.3) is 5.91 Å². The molecule has 7 heteroatoms. The van der Waals surface area contributed by atoms with E-state index < -0.39 is 0 Å². The number of benzene rings is 2. The number of nitrogens with one attached hydrogen (secondary N) is 1. The van der Waals surface area contributed by atoms with Crippen LogP contribution in [0.1, 0.15) is 47.3 Å². The molecule has 156 valence electrons. The zero-order valence-electron chi connectivity index (χ0n) is 17.1. The number of carbonyl (C=O) groups is 2. The van der Waals surface area contributed by atoms with Crippen molar-refractivity contribution < 1.29 is 19.1 Å². The van der Waals surface area contributed by atoms with E-state index in [0.717, 1.165) is 35.3 Å². The topological polar surface area (TPSA) is 64.6 Å². The Hall–Kier alpha value is -2.64. The van der Waals surface area contributed by atoms with Gasteiger partial charge in [-0.25, -0.2) is 0 Å². The van der Waals surface area contributed by atoms with Crippen molar-refractivity contribution in [3.05, 3.63) is 63.6 Å². The molecule has 1 heterocycles. The SMILES string of the molecule is CCCc1c(OCc2ccc(C=C3SC(=S)NC3=O)cc2)ccc(C(C)=O)c1OC. The lowest BCUT2D eigenvalue weighted by atomic mass is 10.0. The summed E-state index contributed by atoms with van der Waals surface area (Å²) >= 11 is 6.27. The fraction of sp³-hybridized carbons (Fsp3) is 0.261. The number of ether oxygens (including phenoxy) is 2. The second kappa shape index (κ2) is 9.91. The quantitative estimate of drug-likeness (QED) is 0.356. The lowest BCUT2D eigenvalue weighted by Crippen LogP contribution is -2.17. The molecule has 1 amide bonds. The zero-order chi connectivity index (χ0) is 21.7. The molecule has 2 aromatic carbocycles. The van der Waals surface area contributed by atoms with Crippen molar-refractivity contribution in [2.24, 2.45) is 0 Å². The second-order valence-electron chi connectivity index (χ2n) is 6.81. The zero-order valence-corrected chi connectivity index (χ0v) is 18.7. The third-order valence-electron chi connectivity index (χ3n) is 4.61. The van der Waals surface area contributed by atoms with Gasteiger partial charge in [0.1, 0.15) is 22.4 Å². The van der Waals surface area contributed by atoms with E-state index >= 15 is 0 Å². The maximum Gasteiger partial charge on any atom is 0.263 e. The summed E-state index contributed by atoms with van der Waals surface area (Å²) < 4.78 is 12.1. The number of thioether (sulfide) groups is 1. The fourth-order valence-corrected chi connectivity index (χ4v) is 4.23. The highest BCUT2D eigenvalue weighted by Crippen LogP contribution is 2.34. The standard InChI is InChI=1S/C23H23NO4S2/c1-4-5-18-19(11-10-17(14(2)25)21(18)27-3)28-13-16-8-6-15(7-9-16)12-20-22(26)24-23(29)30-20/h6-12H,4-5,13H2,1-3H3,(H,24,26,29). The summed E-state index contributed by atoms with van der Waals surface area (Å²) in [7, 11) is 1.58. The predicted molar refractivity (Wildman–Crippen MR) is 124 cm³/mol. The van der Waals surface area contributed by atoms with Crippen molar-refractivity contribution in [1.29, 1.82) is 0 Å². The molecule has 0 aromatic heterocycles. The molecule has 1 N–H and O–H groups in total. The van der Waals surface area contributed by atoms with Gasteiger partial charge < -0.3 is 14.8 Å². The first kappa shape index (κ1) is 22.1. The molecule has 1 saturated heterocycles. The average molecular weight is 442 g/mol. The van der Waals surface area contributed by atoms with Crippen LogP contribution in [0.3, 0.4) is 0 Å². The van der Waals surface area contributed by atoms with Crippen LogP contribution in [0.25, 0.3) is 6.08 Å². The number of ketones is 1. The Labute approximate surface area is 185 Å². The number of rotatable bonds is 8. The van der Waals surface area contributed by atoms with Crippen molar-refractivity contribution >= 4 is 46.1 Å². The number of methoxy groups -OCH3 is 1. The van der Waals surface area contributed by atoms with E-state index in [9.17, 15) is 9.59 Å². The summed E-state index contributed by atoms with van der Waals surface area (Å²) in [6.07, 6.45) is 3.48. The molecule has 0 bridgehead atoms. The minimum atomic E-state index is -0.163. The summed E-state index contributed by atoms with van der Waals surface area (Å²) in [4.78, 5) is 24.3. The number of hydrogen-bond donors (Lipinski definition) is 1. The molecular formula is C23H23NO4S2. The number of thiocarbonyl (C=S) groups is 1. The van der Waals surface area contributed by atoms with Crippen LogP contribution in [0, 0.1) is 0 Å². The highest BCUT2D eigenvalue weighted by molar-refractivity contribution is 8.26. The molecule has 0 radical (unpaired) electrons. The van der Waals surface area contributed by atoms with Gasteiger partial charge >= 0.3 is 0 Å². The Balaban J connectivity index is 1.75. The van der Waals surface area contributed by atoms with E-state index in [1.54, 1.807) is 13.2 Å². The maximum absolute atomic E-state index is 11.9. The van der Waals surface area contributed by atoms with Crippen LogP contribution in [-0.4, -0.2) is 23.1 Å². The normalized spacial score (nSPS) is 14.7. The number of Topliss-reactive ketones (excluding diaryl/α,β-unsaturated/α-hetero) is 1. The molecular weight excluding hydrogens is 418 g/mol. The van der Waals surface area contributed by atoms with Gasteiger partial charge in [0.05, 0.1) is 17.6 Å². The third kappa shape index (κ3) is 5.09. The lowest BCUT2D eigenvalue weighted by Gasteiger charge is -2.17. The van der Waals surface area contributed by atoms with Crippen LogP contribution in [0.15, 0.2) is 41.3 Å². The Morgan fingerprint density at radius 1 is 1.20 bits per heavy atom. The minimum Gasteiger partial charge on any atom is -0.496 e. The van der Waals surface area contributed by atoms with Gasteiger partial charge in [-0.1, -0.05) is 61.6 Å².